The SMILES string of the molecule is CC(C)Cn1ncc(NCC2(C)CC2)c(Cl)c1=O. The number of halogens is 1. The molecule has 0 atom stereocenters. The Morgan fingerprint density at radius 2 is 2.22 bits per heavy atom. The number of hydrogen-bond donors (Lipinski definition) is 1. The van der Waals surface area contributed by atoms with Crippen LogP contribution in [0.1, 0.15) is 33.6 Å². The van der Waals surface area contributed by atoms with Crippen LogP contribution in [0.3, 0.4) is 0 Å². The van der Waals surface area contributed by atoms with Gasteiger partial charge in [-0.25, -0.2) is 4.68 Å². The molecule has 0 radical (unpaired) electrons. The summed E-state index contributed by atoms with van der Waals surface area (Å²) >= 11 is 6.10. The Bertz CT molecular complexity index is 491. The van der Waals surface area contributed by atoms with Crippen LogP contribution in [0.15, 0.2) is 11.0 Å². The fourth-order valence-corrected chi connectivity index (χ4v) is 1.98. The first kappa shape index (κ1) is 13.4. The van der Waals surface area contributed by atoms with Gasteiger partial charge in [0.1, 0.15) is 5.02 Å². The Morgan fingerprint density at radius 3 is 2.78 bits per heavy atom. The molecule has 1 saturated carbocycles. The molecule has 0 amide bonds. The number of nitrogens with one attached hydrogen (secondary N) is 1. The van der Waals surface area contributed by atoms with Gasteiger partial charge >= 0.3 is 0 Å². The van der Waals surface area contributed by atoms with Crippen molar-refractivity contribution in [2.45, 2.75) is 40.2 Å². The number of anilines is 1. The third kappa shape index (κ3) is 3.05. The highest BCUT2D eigenvalue weighted by Crippen LogP contribution is 2.44. The van der Waals surface area contributed by atoms with E-state index in [9.17, 15) is 4.79 Å². The second kappa shape index (κ2) is 4.92. The molecule has 100 valence electrons. The Labute approximate surface area is 112 Å². The minimum Gasteiger partial charge on any atom is -0.382 e. The Kier molecular flexibility index (Phi) is 3.66. The van der Waals surface area contributed by atoms with Crippen molar-refractivity contribution in [2.75, 3.05) is 11.9 Å². The lowest BCUT2D eigenvalue weighted by Crippen LogP contribution is -2.26. The van der Waals surface area contributed by atoms with Crippen molar-refractivity contribution in [3.05, 3.63) is 21.6 Å². The normalized spacial score (nSPS) is 16.9. The summed E-state index contributed by atoms with van der Waals surface area (Å²) in [5, 5.41) is 7.63. The molecule has 1 aliphatic rings. The third-order valence-corrected chi connectivity index (χ3v) is 3.70. The Morgan fingerprint density at radius 1 is 1.56 bits per heavy atom. The van der Waals surface area contributed by atoms with Gasteiger partial charge in [-0.15, -0.1) is 0 Å². The largest absolute Gasteiger partial charge is 0.382 e. The van der Waals surface area contributed by atoms with Gasteiger partial charge in [-0.05, 0) is 24.2 Å². The zero-order valence-electron chi connectivity index (χ0n) is 11.2. The van der Waals surface area contributed by atoms with Gasteiger partial charge in [0.25, 0.3) is 5.56 Å². The fraction of sp³-hybridized carbons (Fsp3) is 0.692. The monoisotopic (exact) mass is 269 g/mol. The summed E-state index contributed by atoms with van der Waals surface area (Å²) < 4.78 is 1.43. The van der Waals surface area contributed by atoms with Gasteiger partial charge in [-0.3, -0.25) is 4.79 Å². The molecule has 1 aromatic heterocycles. The van der Waals surface area contributed by atoms with E-state index >= 15 is 0 Å². The van der Waals surface area contributed by atoms with Gasteiger partial charge in [0, 0.05) is 13.1 Å². The van der Waals surface area contributed by atoms with Gasteiger partial charge in [-0.2, -0.15) is 5.10 Å². The van der Waals surface area contributed by atoms with E-state index < -0.39 is 0 Å². The number of hydrogen-bond acceptors (Lipinski definition) is 3. The van der Waals surface area contributed by atoms with Crippen LogP contribution in [0.25, 0.3) is 0 Å². The molecule has 0 aromatic carbocycles. The number of rotatable bonds is 5. The first-order valence-corrected chi connectivity index (χ1v) is 6.78. The molecule has 1 fully saturated rings. The van der Waals surface area contributed by atoms with E-state index in [2.05, 4.69) is 17.3 Å². The molecular weight excluding hydrogens is 250 g/mol. The number of nitrogens with zero attached hydrogens (tertiary/aromatic N) is 2. The van der Waals surface area contributed by atoms with Gasteiger partial charge < -0.3 is 5.32 Å². The van der Waals surface area contributed by atoms with E-state index in [0.717, 1.165) is 6.54 Å². The third-order valence-electron chi connectivity index (χ3n) is 3.33. The molecule has 0 unspecified atom stereocenters. The molecule has 1 heterocycles. The van der Waals surface area contributed by atoms with Crippen LogP contribution in [-0.2, 0) is 6.54 Å². The summed E-state index contributed by atoms with van der Waals surface area (Å²) in [5.41, 5.74) is 0.807. The highest BCUT2D eigenvalue weighted by Gasteiger charge is 2.36. The van der Waals surface area contributed by atoms with Crippen molar-refractivity contribution in [3.8, 4) is 0 Å². The molecular formula is C13H20ClN3O. The second-order valence-electron chi connectivity index (χ2n) is 5.92. The average Bonchev–Trinajstić information content (AvgIpc) is 3.02. The van der Waals surface area contributed by atoms with Crippen molar-refractivity contribution in [2.24, 2.45) is 11.3 Å². The first-order valence-electron chi connectivity index (χ1n) is 6.41. The van der Waals surface area contributed by atoms with E-state index in [1.165, 1.54) is 17.5 Å². The van der Waals surface area contributed by atoms with Crippen molar-refractivity contribution in [1.29, 1.82) is 0 Å². The molecule has 2 rings (SSSR count). The summed E-state index contributed by atoms with van der Waals surface area (Å²) in [4.78, 5) is 12.0. The fourth-order valence-electron chi connectivity index (χ4n) is 1.76. The van der Waals surface area contributed by atoms with Crippen LogP contribution in [0.5, 0.6) is 0 Å². The molecule has 1 N–H and O–H groups in total. The quantitative estimate of drug-likeness (QED) is 0.894. The maximum Gasteiger partial charge on any atom is 0.287 e. The summed E-state index contributed by atoms with van der Waals surface area (Å²) in [5.74, 6) is 0.371. The van der Waals surface area contributed by atoms with Gasteiger partial charge in [0.2, 0.25) is 0 Å². The Hall–Kier alpha value is -1.03. The minimum absolute atomic E-state index is 0.212. The summed E-state index contributed by atoms with van der Waals surface area (Å²) in [6, 6.07) is 0. The molecule has 0 bridgehead atoms. The van der Waals surface area contributed by atoms with Crippen LogP contribution in [0.4, 0.5) is 5.69 Å². The van der Waals surface area contributed by atoms with Crippen molar-refractivity contribution < 1.29 is 0 Å². The molecule has 0 saturated heterocycles. The topological polar surface area (TPSA) is 46.9 Å². The van der Waals surface area contributed by atoms with Crippen LogP contribution in [0, 0.1) is 11.3 Å². The predicted molar refractivity (Wildman–Crippen MR) is 74.2 cm³/mol. The average molecular weight is 270 g/mol. The van der Waals surface area contributed by atoms with Crippen molar-refractivity contribution >= 4 is 17.3 Å². The molecule has 18 heavy (non-hydrogen) atoms. The van der Waals surface area contributed by atoms with Gasteiger partial charge in [0.05, 0.1) is 11.9 Å². The molecule has 0 aliphatic heterocycles. The second-order valence-corrected chi connectivity index (χ2v) is 6.30. The predicted octanol–water partition coefficient (Wildman–Crippen LogP) is 2.76. The van der Waals surface area contributed by atoms with E-state index in [4.69, 9.17) is 11.6 Å². The smallest absolute Gasteiger partial charge is 0.287 e. The first-order chi connectivity index (χ1) is 8.41. The lowest BCUT2D eigenvalue weighted by Gasteiger charge is -2.14. The van der Waals surface area contributed by atoms with E-state index in [0.29, 0.717) is 23.6 Å². The van der Waals surface area contributed by atoms with Gasteiger partial charge in [-0.1, -0.05) is 32.4 Å². The van der Waals surface area contributed by atoms with Crippen LogP contribution < -0.4 is 10.9 Å². The zero-order chi connectivity index (χ0) is 13.3. The maximum atomic E-state index is 12.0. The van der Waals surface area contributed by atoms with Gasteiger partial charge in [0.15, 0.2) is 0 Å². The van der Waals surface area contributed by atoms with Crippen LogP contribution >= 0.6 is 11.6 Å². The minimum atomic E-state index is -0.212. The molecule has 1 aromatic rings. The summed E-state index contributed by atoms with van der Waals surface area (Å²) in [6.07, 6.45) is 4.11. The van der Waals surface area contributed by atoms with E-state index in [1.807, 2.05) is 13.8 Å². The molecule has 0 spiro atoms. The molecule has 5 heteroatoms. The Balaban J connectivity index is 2.12. The lowest BCUT2D eigenvalue weighted by molar-refractivity contribution is 0.464. The highest BCUT2D eigenvalue weighted by molar-refractivity contribution is 6.32. The van der Waals surface area contributed by atoms with Crippen molar-refractivity contribution in [1.82, 2.24) is 9.78 Å². The molecule has 1 aliphatic carbocycles. The van der Waals surface area contributed by atoms with E-state index in [-0.39, 0.29) is 10.6 Å². The zero-order valence-corrected chi connectivity index (χ0v) is 11.9. The van der Waals surface area contributed by atoms with Crippen LogP contribution in [0.2, 0.25) is 5.02 Å². The highest BCUT2D eigenvalue weighted by atomic mass is 35.5. The van der Waals surface area contributed by atoms with Crippen LogP contribution in [-0.4, -0.2) is 16.3 Å². The number of aromatic nitrogens is 2. The molecule has 4 nitrogen and oxygen atoms in total. The van der Waals surface area contributed by atoms with Crippen molar-refractivity contribution in [3.63, 3.8) is 0 Å². The summed E-state index contributed by atoms with van der Waals surface area (Å²) in [7, 11) is 0. The maximum absolute atomic E-state index is 12.0. The van der Waals surface area contributed by atoms with E-state index in [1.54, 1.807) is 6.20 Å². The summed E-state index contributed by atoms with van der Waals surface area (Å²) in [6.45, 7) is 7.75. The standard InChI is InChI=1S/C13H20ClN3O/c1-9(2)7-17-12(18)11(14)10(6-16-17)15-8-13(3)4-5-13/h6,9,15H,4-5,7-8H2,1-3H3. The lowest BCUT2D eigenvalue weighted by atomic mass is 10.1.